The minimum Gasteiger partial charge on any atom is -0.393 e. The Morgan fingerprint density at radius 1 is 1.19 bits per heavy atom. The molecule has 0 bridgehead atoms. The summed E-state index contributed by atoms with van der Waals surface area (Å²) in [4.78, 5) is 20.8. The second kappa shape index (κ2) is 9.60. The fourth-order valence-electron chi connectivity index (χ4n) is 3.72. The van der Waals surface area contributed by atoms with Crippen LogP contribution in [0.3, 0.4) is 0 Å². The molecule has 1 saturated carbocycles. The molecular weight excluding hydrogens is 425 g/mol. The average molecular weight is 452 g/mol. The number of aryl methyl sites for hydroxylation is 1. The number of aliphatic hydroxyl groups excluding tert-OH is 1. The predicted octanol–water partition coefficient (Wildman–Crippen LogP) is 3.66. The van der Waals surface area contributed by atoms with Gasteiger partial charge in [0.15, 0.2) is 11.5 Å². The zero-order valence-electron chi connectivity index (χ0n) is 17.9. The van der Waals surface area contributed by atoms with Crippen molar-refractivity contribution in [3.05, 3.63) is 35.2 Å². The highest BCUT2D eigenvalue weighted by atomic mass is 19.4. The molecule has 1 aromatic carbocycles. The van der Waals surface area contributed by atoms with Crippen LogP contribution in [0.1, 0.15) is 54.4 Å². The standard InChI is InChI=1S/C21H27F3N6O2/c1-3-15-19(27-11-4-7-13(31)8-5-11)30-20(17(29-15)18(25)32)28-12-6-9-16(26-2)14(10-12)21(22,23)24/h6,9-11,13,26,31H,3-5,7-8H2,1-2H3,(H2,25,32)(H2,27,28,30)/t11-,13-. The van der Waals surface area contributed by atoms with Crippen LogP contribution < -0.4 is 21.7 Å². The van der Waals surface area contributed by atoms with Crippen LogP contribution in [-0.2, 0) is 12.6 Å². The predicted molar refractivity (Wildman–Crippen MR) is 116 cm³/mol. The van der Waals surface area contributed by atoms with E-state index in [0.29, 0.717) is 30.8 Å². The maximum absolute atomic E-state index is 13.4. The third kappa shape index (κ3) is 5.39. The van der Waals surface area contributed by atoms with Gasteiger partial charge in [-0.05, 0) is 50.3 Å². The first-order valence-electron chi connectivity index (χ1n) is 10.4. The zero-order valence-corrected chi connectivity index (χ0v) is 17.9. The van der Waals surface area contributed by atoms with E-state index in [1.165, 1.54) is 19.2 Å². The number of alkyl halides is 3. The summed E-state index contributed by atoms with van der Waals surface area (Å²) in [5.41, 5.74) is 4.99. The van der Waals surface area contributed by atoms with Gasteiger partial charge in [-0.15, -0.1) is 0 Å². The van der Waals surface area contributed by atoms with Crippen LogP contribution in [0.4, 0.5) is 36.2 Å². The molecule has 1 amide bonds. The highest BCUT2D eigenvalue weighted by Crippen LogP contribution is 2.37. The van der Waals surface area contributed by atoms with Gasteiger partial charge in [-0.2, -0.15) is 13.2 Å². The topological polar surface area (TPSA) is 125 Å². The highest BCUT2D eigenvalue weighted by molar-refractivity contribution is 5.96. The van der Waals surface area contributed by atoms with Crippen LogP contribution in [0.15, 0.2) is 18.2 Å². The van der Waals surface area contributed by atoms with Gasteiger partial charge in [0.2, 0.25) is 0 Å². The molecule has 6 N–H and O–H groups in total. The lowest BCUT2D eigenvalue weighted by molar-refractivity contribution is -0.136. The van der Waals surface area contributed by atoms with Crippen LogP contribution in [0.5, 0.6) is 0 Å². The SMILES string of the molecule is CCc1nc(C(N)=O)c(Nc2ccc(NC)c(C(F)(F)F)c2)nc1N[C@H]1CC[C@H](O)CC1. The number of aliphatic hydroxyl groups is 1. The number of carbonyl (C=O) groups excluding carboxylic acids is 1. The fraction of sp³-hybridized carbons (Fsp3) is 0.476. The number of hydrogen-bond donors (Lipinski definition) is 5. The third-order valence-corrected chi connectivity index (χ3v) is 5.43. The largest absolute Gasteiger partial charge is 0.418 e. The Hall–Kier alpha value is -3.08. The molecule has 0 spiro atoms. The van der Waals surface area contributed by atoms with Gasteiger partial charge < -0.3 is 26.8 Å². The lowest BCUT2D eigenvalue weighted by Gasteiger charge is -2.27. The number of primary amides is 1. The first-order chi connectivity index (χ1) is 15.1. The number of aromatic nitrogens is 2. The lowest BCUT2D eigenvalue weighted by Crippen LogP contribution is -2.29. The van der Waals surface area contributed by atoms with Gasteiger partial charge in [-0.25, -0.2) is 9.97 Å². The van der Waals surface area contributed by atoms with E-state index in [4.69, 9.17) is 5.73 Å². The number of nitrogens with zero attached hydrogens (tertiary/aromatic N) is 2. The summed E-state index contributed by atoms with van der Waals surface area (Å²) in [5, 5.41) is 18.3. The van der Waals surface area contributed by atoms with Crippen LogP contribution in [0, 0.1) is 0 Å². The summed E-state index contributed by atoms with van der Waals surface area (Å²) in [6.07, 6.45) is -1.61. The zero-order chi connectivity index (χ0) is 23.5. The maximum atomic E-state index is 13.4. The Kier molecular flexibility index (Phi) is 7.07. The summed E-state index contributed by atoms with van der Waals surface area (Å²) in [5.74, 6) is -0.437. The molecule has 1 aromatic heterocycles. The molecule has 1 fully saturated rings. The number of rotatable bonds is 7. The molecule has 0 atom stereocenters. The molecule has 0 aliphatic heterocycles. The number of nitrogens with two attached hydrogens (primary N) is 1. The Labute approximate surface area is 183 Å². The molecule has 0 radical (unpaired) electrons. The van der Waals surface area contributed by atoms with Crippen LogP contribution in [-0.4, -0.2) is 40.2 Å². The van der Waals surface area contributed by atoms with Gasteiger partial charge >= 0.3 is 6.18 Å². The Morgan fingerprint density at radius 2 is 1.88 bits per heavy atom. The summed E-state index contributed by atoms with van der Waals surface area (Å²) >= 11 is 0. The van der Waals surface area contributed by atoms with Crippen LogP contribution in [0.25, 0.3) is 0 Å². The molecule has 0 unspecified atom stereocenters. The number of amides is 1. The Bertz CT molecular complexity index is 975. The van der Waals surface area contributed by atoms with Crippen molar-refractivity contribution in [3.8, 4) is 0 Å². The van der Waals surface area contributed by atoms with Crippen molar-refractivity contribution in [3.63, 3.8) is 0 Å². The summed E-state index contributed by atoms with van der Waals surface area (Å²) < 4.78 is 40.2. The second-order valence-electron chi connectivity index (χ2n) is 7.72. The monoisotopic (exact) mass is 452 g/mol. The van der Waals surface area contributed by atoms with Crippen molar-refractivity contribution < 1.29 is 23.1 Å². The molecular formula is C21H27F3N6O2. The maximum Gasteiger partial charge on any atom is 0.418 e. The van der Waals surface area contributed by atoms with E-state index in [2.05, 4.69) is 25.9 Å². The molecule has 1 heterocycles. The van der Waals surface area contributed by atoms with Gasteiger partial charge in [0.05, 0.1) is 17.4 Å². The molecule has 1 aliphatic rings. The first kappa shape index (κ1) is 23.6. The van der Waals surface area contributed by atoms with Crippen molar-refractivity contribution in [2.75, 3.05) is 23.0 Å². The summed E-state index contributed by atoms with van der Waals surface area (Å²) in [6.45, 7) is 1.85. The van der Waals surface area contributed by atoms with E-state index in [9.17, 15) is 23.1 Å². The summed E-state index contributed by atoms with van der Waals surface area (Å²) in [7, 11) is 1.40. The van der Waals surface area contributed by atoms with E-state index in [0.717, 1.165) is 18.9 Å². The second-order valence-corrected chi connectivity index (χ2v) is 7.72. The van der Waals surface area contributed by atoms with E-state index in [1.54, 1.807) is 0 Å². The minimum atomic E-state index is -4.57. The number of anilines is 4. The molecule has 0 saturated heterocycles. The lowest BCUT2D eigenvalue weighted by atomic mass is 9.93. The number of benzene rings is 1. The molecule has 1 aliphatic carbocycles. The van der Waals surface area contributed by atoms with Gasteiger partial charge in [-0.1, -0.05) is 6.92 Å². The van der Waals surface area contributed by atoms with Crippen molar-refractivity contribution in [2.45, 2.75) is 57.3 Å². The molecule has 32 heavy (non-hydrogen) atoms. The highest BCUT2D eigenvalue weighted by Gasteiger charge is 2.34. The van der Waals surface area contributed by atoms with E-state index in [-0.39, 0.29) is 35.0 Å². The minimum absolute atomic E-state index is 0.0293. The van der Waals surface area contributed by atoms with Gasteiger partial charge in [0.1, 0.15) is 5.82 Å². The normalized spacial score (nSPS) is 18.8. The number of nitrogens with one attached hydrogen (secondary N) is 3. The summed E-state index contributed by atoms with van der Waals surface area (Å²) in [6, 6.07) is 3.73. The van der Waals surface area contributed by atoms with Gasteiger partial charge in [0, 0.05) is 24.5 Å². The average Bonchev–Trinajstić information content (AvgIpc) is 2.74. The first-order valence-corrected chi connectivity index (χ1v) is 10.4. The van der Waals surface area contributed by atoms with Crippen LogP contribution in [0.2, 0.25) is 0 Å². The third-order valence-electron chi connectivity index (χ3n) is 5.43. The molecule has 3 rings (SSSR count). The van der Waals surface area contributed by atoms with Crippen molar-refractivity contribution in [1.82, 2.24) is 9.97 Å². The van der Waals surface area contributed by atoms with E-state index in [1.807, 2.05) is 6.92 Å². The molecule has 8 nitrogen and oxygen atoms in total. The number of hydrogen-bond acceptors (Lipinski definition) is 7. The number of carbonyl (C=O) groups is 1. The fourth-order valence-corrected chi connectivity index (χ4v) is 3.72. The van der Waals surface area contributed by atoms with Gasteiger partial charge in [0.25, 0.3) is 5.91 Å². The molecule has 11 heteroatoms. The Morgan fingerprint density at radius 3 is 2.44 bits per heavy atom. The number of halogens is 3. The Balaban J connectivity index is 1.97. The smallest absolute Gasteiger partial charge is 0.393 e. The molecule has 2 aromatic rings. The van der Waals surface area contributed by atoms with E-state index >= 15 is 0 Å². The van der Waals surface area contributed by atoms with Crippen molar-refractivity contribution >= 4 is 28.9 Å². The van der Waals surface area contributed by atoms with E-state index < -0.39 is 17.6 Å². The van der Waals surface area contributed by atoms with Gasteiger partial charge in [-0.3, -0.25) is 4.79 Å². The quantitative estimate of drug-likeness (QED) is 0.434. The van der Waals surface area contributed by atoms with Crippen molar-refractivity contribution in [2.24, 2.45) is 5.73 Å². The molecule has 174 valence electrons. The van der Waals surface area contributed by atoms with Crippen molar-refractivity contribution in [1.29, 1.82) is 0 Å². The van der Waals surface area contributed by atoms with Crippen LogP contribution >= 0.6 is 0 Å².